The second-order valence-electron chi connectivity index (χ2n) is 8.03. The number of amides is 1. The van der Waals surface area contributed by atoms with Gasteiger partial charge in [0.1, 0.15) is 0 Å². The third kappa shape index (κ3) is 4.40. The Hall–Kier alpha value is -2.70. The first-order valence-electron chi connectivity index (χ1n) is 9.71. The summed E-state index contributed by atoms with van der Waals surface area (Å²) >= 11 is 0. The van der Waals surface area contributed by atoms with Crippen LogP contribution in [0.3, 0.4) is 0 Å². The fraction of sp³-hybridized carbons (Fsp3) is 0.524. The molecule has 1 fully saturated rings. The average molecular weight is 384 g/mol. The third-order valence-corrected chi connectivity index (χ3v) is 5.09. The molecule has 28 heavy (non-hydrogen) atoms. The van der Waals surface area contributed by atoms with E-state index in [0.717, 1.165) is 23.2 Å². The van der Waals surface area contributed by atoms with E-state index in [9.17, 15) is 9.59 Å². The monoisotopic (exact) mass is 384 g/mol. The van der Waals surface area contributed by atoms with Gasteiger partial charge in [0.2, 0.25) is 0 Å². The van der Waals surface area contributed by atoms with Crippen molar-refractivity contribution in [1.82, 2.24) is 19.9 Å². The van der Waals surface area contributed by atoms with Gasteiger partial charge in [0.25, 0.3) is 5.91 Å². The lowest BCUT2D eigenvalue weighted by Gasteiger charge is -2.34. The molecule has 0 bridgehead atoms. The molecule has 0 N–H and O–H groups in total. The number of carbonyl (C=O) groups is 2. The topological polar surface area (TPSA) is 77.3 Å². The van der Waals surface area contributed by atoms with Gasteiger partial charge in [0.15, 0.2) is 12.3 Å². The van der Waals surface area contributed by atoms with Crippen molar-refractivity contribution in [2.45, 2.75) is 41.0 Å². The van der Waals surface area contributed by atoms with Gasteiger partial charge < -0.3 is 9.64 Å². The van der Waals surface area contributed by atoms with Crippen LogP contribution in [0.2, 0.25) is 0 Å². The summed E-state index contributed by atoms with van der Waals surface area (Å²) < 4.78 is 5.25. The van der Waals surface area contributed by atoms with Crippen LogP contribution < -0.4 is 0 Å². The van der Waals surface area contributed by atoms with Gasteiger partial charge in [-0.3, -0.25) is 4.79 Å². The van der Waals surface area contributed by atoms with E-state index in [1.807, 2.05) is 32.0 Å². The molecule has 0 unspecified atom stereocenters. The van der Waals surface area contributed by atoms with E-state index in [-0.39, 0.29) is 18.2 Å². The number of rotatable bonds is 4. The maximum absolute atomic E-state index is 12.5. The lowest BCUT2D eigenvalue weighted by Crippen LogP contribution is -2.44. The average Bonchev–Trinajstić information content (AvgIpc) is 3.00. The van der Waals surface area contributed by atoms with E-state index in [1.54, 1.807) is 11.8 Å². The molecule has 1 aromatic heterocycles. The van der Waals surface area contributed by atoms with E-state index in [0.29, 0.717) is 30.6 Å². The predicted octanol–water partition coefficient (Wildman–Crippen LogP) is 2.85. The molecule has 2 aromatic rings. The number of ether oxygens (including phenoxy) is 1. The van der Waals surface area contributed by atoms with Gasteiger partial charge in [-0.2, -0.15) is 9.90 Å². The molecule has 1 aromatic carbocycles. The van der Waals surface area contributed by atoms with Crippen molar-refractivity contribution in [3.8, 4) is 5.69 Å². The fourth-order valence-corrected chi connectivity index (χ4v) is 3.86. The number of benzene rings is 1. The summed E-state index contributed by atoms with van der Waals surface area (Å²) in [6, 6.07) is 5.92. The number of aryl methyl sites for hydroxylation is 3. The zero-order valence-electron chi connectivity index (χ0n) is 17.2. The molecule has 7 nitrogen and oxygen atoms in total. The van der Waals surface area contributed by atoms with Crippen LogP contribution in [0.25, 0.3) is 5.69 Å². The maximum Gasteiger partial charge on any atom is 0.361 e. The second-order valence-corrected chi connectivity index (χ2v) is 8.03. The largest absolute Gasteiger partial charge is 0.451 e. The summed E-state index contributed by atoms with van der Waals surface area (Å²) in [5.74, 6) is 0.137. The SMILES string of the molecule is Cc1ccc(-n2nc(C)c(C(=O)OCC(=O)N3C[C@H](C)C[C@@H](C)C3)n2)c(C)c1. The molecule has 1 aliphatic heterocycles. The Morgan fingerprint density at radius 3 is 2.43 bits per heavy atom. The van der Waals surface area contributed by atoms with Crippen LogP contribution in [0.15, 0.2) is 18.2 Å². The van der Waals surface area contributed by atoms with Crippen LogP contribution in [-0.4, -0.2) is 51.5 Å². The fourth-order valence-electron chi connectivity index (χ4n) is 3.86. The van der Waals surface area contributed by atoms with Gasteiger partial charge in [0, 0.05) is 13.1 Å². The van der Waals surface area contributed by atoms with Gasteiger partial charge in [-0.25, -0.2) is 4.79 Å². The standard InChI is InChI=1S/C21H28N4O3/c1-13-6-7-18(16(4)9-13)25-22-17(5)20(23-25)21(27)28-12-19(26)24-10-14(2)8-15(3)11-24/h6-7,9,14-15H,8,10-12H2,1-5H3/t14-,15-/m1/s1. The van der Waals surface area contributed by atoms with Crippen molar-refractivity contribution in [1.29, 1.82) is 0 Å². The minimum absolute atomic E-state index is 0.133. The van der Waals surface area contributed by atoms with Crippen molar-refractivity contribution in [3.05, 3.63) is 40.7 Å². The Morgan fingerprint density at radius 2 is 1.79 bits per heavy atom. The number of piperidine rings is 1. The first-order valence-corrected chi connectivity index (χ1v) is 9.71. The molecule has 0 spiro atoms. The minimum atomic E-state index is -0.625. The Kier molecular flexibility index (Phi) is 5.82. The molecular formula is C21H28N4O3. The summed E-state index contributed by atoms with van der Waals surface area (Å²) in [6.45, 7) is 11.1. The van der Waals surface area contributed by atoms with Gasteiger partial charge in [-0.1, -0.05) is 31.5 Å². The summed E-state index contributed by atoms with van der Waals surface area (Å²) in [4.78, 5) is 28.1. The van der Waals surface area contributed by atoms with Crippen LogP contribution in [0, 0.1) is 32.6 Å². The van der Waals surface area contributed by atoms with Crippen LogP contribution in [0.5, 0.6) is 0 Å². The molecular weight excluding hydrogens is 356 g/mol. The highest BCUT2D eigenvalue weighted by Gasteiger charge is 2.27. The van der Waals surface area contributed by atoms with E-state index >= 15 is 0 Å². The van der Waals surface area contributed by atoms with Gasteiger partial charge in [-0.15, -0.1) is 5.10 Å². The van der Waals surface area contributed by atoms with Crippen LogP contribution in [0.4, 0.5) is 0 Å². The maximum atomic E-state index is 12.5. The number of nitrogens with zero attached hydrogens (tertiary/aromatic N) is 4. The summed E-state index contributed by atoms with van der Waals surface area (Å²) in [7, 11) is 0. The van der Waals surface area contributed by atoms with E-state index in [2.05, 4.69) is 24.0 Å². The predicted molar refractivity (Wildman–Crippen MR) is 105 cm³/mol. The second kappa shape index (κ2) is 8.12. The Bertz CT molecular complexity index is 880. The number of hydrogen-bond donors (Lipinski definition) is 0. The normalized spacial score (nSPS) is 19.5. The molecule has 3 rings (SSSR count). The van der Waals surface area contributed by atoms with Gasteiger partial charge in [-0.05, 0) is 50.7 Å². The van der Waals surface area contributed by atoms with Gasteiger partial charge in [0.05, 0.1) is 11.4 Å². The smallest absolute Gasteiger partial charge is 0.361 e. The molecule has 1 aliphatic rings. The van der Waals surface area contributed by atoms with Crippen LogP contribution in [0.1, 0.15) is 47.6 Å². The summed E-state index contributed by atoms with van der Waals surface area (Å²) in [6.07, 6.45) is 1.12. The highest BCUT2D eigenvalue weighted by atomic mass is 16.5. The van der Waals surface area contributed by atoms with Crippen molar-refractivity contribution in [2.75, 3.05) is 19.7 Å². The van der Waals surface area contributed by atoms with Crippen LogP contribution in [-0.2, 0) is 9.53 Å². The molecule has 1 amide bonds. The zero-order chi connectivity index (χ0) is 20.4. The van der Waals surface area contributed by atoms with E-state index < -0.39 is 5.97 Å². The molecule has 0 saturated carbocycles. The third-order valence-electron chi connectivity index (χ3n) is 5.09. The molecule has 150 valence electrons. The minimum Gasteiger partial charge on any atom is -0.451 e. The number of hydrogen-bond acceptors (Lipinski definition) is 5. The van der Waals surface area contributed by atoms with Crippen molar-refractivity contribution in [2.24, 2.45) is 11.8 Å². The van der Waals surface area contributed by atoms with Gasteiger partial charge >= 0.3 is 5.97 Å². The van der Waals surface area contributed by atoms with E-state index in [1.165, 1.54) is 4.80 Å². The Morgan fingerprint density at radius 1 is 1.11 bits per heavy atom. The molecule has 2 heterocycles. The molecule has 0 aliphatic carbocycles. The number of likely N-dealkylation sites (tertiary alicyclic amines) is 1. The van der Waals surface area contributed by atoms with Crippen LogP contribution >= 0.6 is 0 Å². The molecule has 0 radical (unpaired) electrons. The summed E-state index contributed by atoms with van der Waals surface area (Å²) in [5.41, 5.74) is 3.56. The Balaban J connectivity index is 1.66. The number of esters is 1. The first-order chi connectivity index (χ1) is 13.2. The van der Waals surface area contributed by atoms with Crippen molar-refractivity contribution >= 4 is 11.9 Å². The number of aromatic nitrogens is 3. The zero-order valence-corrected chi connectivity index (χ0v) is 17.2. The molecule has 7 heteroatoms. The molecule has 1 saturated heterocycles. The molecule has 2 atom stereocenters. The highest BCUT2D eigenvalue weighted by Crippen LogP contribution is 2.21. The first kappa shape index (κ1) is 20.0. The quantitative estimate of drug-likeness (QED) is 0.758. The lowest BCUT2D eigenvalue weighted by atomic mass is 9.92. The van der Waals surface area contributed by atoms with Crippen molar-refractivity contribution < 1.29 is 14.3 Å². The summed E-state index contributed by atoms with van der Waals surface area (Å²) in [5, 5.41) is 8.63. The Labute approximate surface area is 165 Å². The van der Waals surface area contributed by atoms with E-state index in [4.69, 9.17) is 4.74 Å². The lowest BCUT2D eigenvalue weighted by molar-refractivity contribution is -0.137. The highest BCUT2D eigenvalue weighted by molar-refractivity contribution is 5.90. The van der Waals surface area contributed by atoms with Crippen molar-refractivity contribution in [3.63, 3.8) is 0 Å². The number of carbonyl (C=O) groups excluding carboxylic acids is 2.